The third kappa shape index (κ3) is 3.81. The summed E-state index contributed by atoms with van der Waals surface area (Å²) in [6, 6.07) is 3.42. The molecule has 0 saturated heterocycles. The summed E-state index contributed by atoms with van der Waals surface area (Å²) >= 11 is 0. The van der Waals surface area contributed by atoms with E-state index in [2.05, 4.69) is 0 Å². The largest absolute Gasteiger partial charge is 0.497 e. The van der Waals surface area contributed by atoms with Gasteiger partial charge < -0.3 is 15.2 Å². The van der Waals surface area contributed by atoms with Crippen molar-refractivity contribution in [2.24, 2.45) is 5.73 Å². The Hall–Kier alpha value is -1.43. The van der Waals surface area contributed by atoms with Crippen molar-refractivity contribution in [1.82, 2.24) is 0 Å². The van der Waals surface area contributed by atoms with Gasteiger partial charge in [0.2, 0.25) is 0 Å². The number of rotatable bonds is 4. The van der Waals surface area contributed by atoms with Gasteiger partial charge in [0.05, 0.1) is 20.6 Å². The van der Waals surface area contributed by atoms with Crippen LogP contribution in [0.1, 0.15) is 18.0 Å². The molecular formula is C11H14F3NO2. The SMILES string of the molecule is COc1ccc(OC)c([C@H](N)CC(F)(F)F)c1. The van der Waals surface area contributed by atoms with Gasteiger partial charge >= 0.3 is 6.18 Å². The van der Waals surface area contributed by atoms with Crippen molar-refractivity contribution >= 4 is 0 Å². The molecule has 0 aromatic heterocycles. The quantitative estimate of drug-likeness (QED) is 0.892. The number of ether oxygens (including phenoxy) is 2. The first-order valence-electron chi connectivity index (χ1n) is 4.91. The highest BCUT2D eigenvalue weighted by Gasteiger charge is 2.32. The molecule has 1 atom stereocenters. The van der Waals surface area contributed by atoms with Gasteiger partial charge in [0.1, 0.15) is 11.5 Å². The van der Waals surface area contributed by atoms with Crippen LogP contribution in [-0.4, -0.2) is 20.4 Å². The van der Waals surface area contributed by atoms with Crippen LogP contribution in [-0.2, 0) is 0 Å². The Labute approximate surface area is 97.3 Å². The summed E-state index contributed by atoms with van der Waals surface area (Å²) in [7, 11) is 2.81. The average molecular weight is 249 g/mol. The van der Waals surface area contributed by atoms with Crippen molar-refractivity contribution in [3.63, 3.8) is 0 Å². The summed E-state index contributed by atoms with van der Waals surface area (Å²) in [5.41, 5.74) is 5.81. The second kappa shape index (κ2) is 5.27. The molecule has 1 rings (SSSR count). The maximum Gasteiger partial charge on any atom is 0.390 e. The second-order valence-electron chi connectivity index (χ2n) is 3.53. The molecule has 0 amide bonds. The van der Waals surface area contributed by atoms with Crippen LogP contribution in [0.3, 0.4) is 0 Å². The Morgan fingerprint density at radius 2 is 1.88 bits per heavy atom. The fraction of sp³-hybridized carbons (Fsp3) is 0.455. The lowest BCUT2D eigenvalue weighted by atomic mass is 10.0. The molecule has 0 heterocycles. The summed E-state index contributed by atoms with van der Waals surface area (Å²) in [6.07, 6.45) is -5.41. The average Bonchev–Trinajstić information content (AvgIpc) is 2.25. The topological polar surface area (TPSA) is 44.5 Å². The summed E-state index contributed by atoms with van der Waals surface area (Å²) in [6.45, 7) is 0. The second-order valence-corrected chi connectivity index (χ2v) is 3.53. The van der Waals surface area contributed by atoms with Gasteiger partial charge in [0.25, 0.3) is 0 Å². The van der Waals surface area contributed by atoms with Crippen molar-refractivity contribution in [1.29, 1.82) is 0 Å². The van der Waals surface area contributed by atoms with Crippen LogP contribution in [0.5, 0.6) is 11.5 Å². The number of hydrogen-bond acceptors (Lipinski definition) is 3. The molecule has 0 aliphatic carbocycles. The van der Waals surface area contributed by atoms with Crippen molar-refractivity contribution in [2.45, 2.75) is 18.6 Å². The molecule has 6 heteroatoms. The predicted molar refractivity (Wildman–Crippen MR) is 57.1 cm³/mol. The van der Waals surface area contributed by atoms with Crippen LogP contribution >= 0.6 is 0 Å². The van der Waals surface area contributed by atoms with Crippen LogP contribution in [0.25, 0.3) is 0 Å². The van der Waals surface area contributed by atoms with Crippen LogP contribution in [0.15, 0.2) is 18.2 Å². The number of alkyl halides is 3. The maximum atomic E-state index is 12.3. The molecule has 0 spiro atoms. The Kier molecular flexibility index (Phi) is 4.22. The number of halogens is 3. The van der Waals surface area contributed by atoms with E-state index in [4.69, 9.17) is 15.2 Å². The molecule has 0 radical (unpaired) electrons. The van der Waals surface area contributed by atoms with Crippen LogP contribution < -0.4 is 15.2 Å². The fourth-order valence-corrected chi connectivity index (χ4v) is 1.49. The Morgan fingerprint density at radius 1 is 1.24 bits per heavy atom. The number of benzene rings is 1. The van der Waals surface area contributed by atoms with Crippen molar-refractivity contribution in [3.05, 3.63) is 23.8 Å². The lowest BCUT2D eigenvalue weighted by molar-refractivity contribution is -0.138. The molecule has 0 aliphatic rings. The third-order valence-electron chi connectivity index (χ3n) is 2.29. The van der Waals surface area contributed by atoms with E-state index in [0.717, 1.165) is 0 Å². The molecule has 0 fully saturated rings. The minimum absolute atomic E-state index is 0.282. The molecule has 1 aromatic carbocycles. The third-order valence-corrected chi connectivity index (χ3v) is 2.29. The zero-order valence-corrected chi connectivity index (χ0v) is 9.54. The first-order valence-corrected chi connectivity index (χ1v) is 4.91. The van der Waals surface area contributed by atoms with E-state index in [1.807, 2.05) is 0 Å². The van der Waals surface area contributed by atoms with E-state index in [-0.39, 0.29) is 5.56 Å². The first-order chi connectivity index (χ1) is 7.87. The molecule has 2 N–H and O–H groups in total. The molecule has 1 aromatic rings. The molecular weight excluding hydrogens is 235 g/mol. The van der Waals surface area contributed by atoms with E-state index in [0.29, 0.717) is 11.5 Å². The summed E-state index contributed by atoms with van der Waals surface area (Å²) in [5.74, 6) is 0.765. The zero-order valence-electron chi connectivity index (χ0n) is 9.54. The van der Waals surface area contributed by atoms with Crippen LogP contribution in [0.4, 0.5) is 13.2 Å². The van der Waals surface area contributed by atoms with Gasteiger partial charge in [0, 0.05) is 11.6 Å². The standard InChI is InChI=1S/C11H14F3NO2/c1-16-7-3-4-10(17-2)8(5-7)9(15)6-11(12,13)14/h3-5,9H,6,15H2,1-2H3/t9-/m1/s1. The molecule has 0 unspecified atom stereocenters. The normalized spacial score (nSPS) is 13.3. The van der Waals surface area contributed by atoms with Gasteiger partial charge in [-0.1, -0.05) is 0 Å². The van der Waals surface area contributed by atoms with Crippen molar-refractivity contribution < 1.29 is 22.6 Å². The highest BCUT2D eigenvalue weighted by molar-refractivity contribution is 5.42. The van der Waals surface area contributed by atoms with Gasteiger partial charge in [-0.2, -0.15) is 13.2 Å². The molecule has 0 bridgehead atoms. The van der Waals surface area contributed by atoms with Gasteiger partial charge in [-0.15, -0.1) is 0 Å². The predicted octanol–water partition coefficient (Wildman–Crippen LogP) is 2.66. The van der Waals surface area contributed by atoms with Gasteiger partial charge in [-0.3, -0.25) is 0 Å². The van der Waals surface area contributed by atoms with Crippen molar-refractivity contribution in [3.8, 4) is 11.5 Å². The van der Waals surface area contributed by atoms with Gasteiger partial charge in [0.15, 0.2) is 0 Å². The number of hydrogen-bond donors (Lipinski definition) is 1. The fourth-order valence-electron chi connectivity index (χ4n) is 1.49. The minimum atomic E-state index is -4.31. The zero-order chi connectivity index (χ0) is 13.1. The van der Waals surface area contributed by atoms with Crippen molar-refractivity contribution in [2.75, 3.05) is 14.2 Å². The maximum absolute atomic E-state index is 12.3. The highest BCUT2D eigenvalue weighted by atomic mass is 19.4. The Morgan fingerprint density at radius 3 is 2.35 bits per heavy atom. The van der Waals surface area contributed by atoms with E-state index >= 15 is 0 Å². The summed E-state index contributed by atoms with van der Waals surface area (Å²) in [5, 5.41) is 0. The molecule has 96 valence electrons. The smallest absolute Gasteiger partial charge is 0.390 e. The number of nitrogens with two attached hydrogens (primary N) is 1. The Balaban J connectivity index is 3.01. The first kappa shape index (κ1) is 13.6. The summed E-state index contributed by atoms with van der Waals surface area (Å²) in [4.78, 5) is 0. The molecule has 0 saturated carbocycles. The van der Waals surface area contributed by atoms with E-state index < -0.39 is 18.6 Å². The van der Waals surface area contributed by atoms with Gasteiger partial charge in [-0.25, -0.2) is 0 Å². The molecule has 3 nitrogen and oxygen atoms in total. The van der Waals surface area contributed by atoms with Crippen LogP contribution in [0, 0.1) is 0 Å². The highest BCUT2D eigenvalue weighted by Crippen LogP contribution is 2.34. The van der Waals surface area contributed by atoms with Gasteiger partial charge in [-0.05, 0) is 18.2 Å². The molecule has 17 heavy (non-hydrogen) atoms. The van der Waals surface area contributed by atoms with E-state index in [1.54, 1.807) is 6.07 Å². The van der Waals surface area contributed by atoms with Crippen LogP contribution in [0.2, 0.25) is 0 Å². The monoisotopic (exact) mass is 249 g/mol. The lowest BCUT2D eigenvalue weighted by Gasteiger charge is -2.18. The van der Waals surface area contributed by atoms with E-state index in [1.165, 1.54) is 26.4 Å². The minimum Gasteiger partial charge on any atom is -0.497 e. The number of methoxy groups -OCH3 is 2. The molecule has 0 aliphatic heterocycles. The van der Waals surface area contributed by atoms with E-state index in [9.17, 15) is 13.2 Å². The summed E-state index contributed by atoms with van der Waals surface area (Å²) < 4.78 is 46.7. The lowest BCUT2D eigenvalue weighted by Crippen LogP contribution is -2.20. The Bertz CT molecular complexity index is 379.